The number of aliphatic hydroxyl groups is 1. The van der Waals surface area contributed by atoms with E-state index in [2.05, 4.69) is 9.48 Å². The Morgan fingerprint density at radius 3 is 2.52 bits per heavy atom. The molecule has 0 aliphatic carbocycles. The van der Waals surface area contributed by atoms with Gasteiger partial charge in [0.2, 0.25) is 0 Å². The van der Waals surface area contributed by atoms with Gasteiger partial charge in [-0.2, -0.15) is 4.90 Å². The number of amidine groups is 1. The topological polar surface area (TPSA) is 35.7 Å². The number of halogens is 1. The maximum Gasteiger partial charge on any atom is 0.275 e. The Labute approximate surface area is 165 Å². The lowest BCUT2D eigenvalue weighted by Crippen LogP contribution is -2.47. The summed E-state index contributed by atoms with van der Waals surface area (Å²) in [6.07, 6.45) is 4.52. The molecule has 0 radical (unpaired) electrons. The molecule has 0 unspecified atom stereocenters. The van der Waals surface area contributed by atoms with Crippen LogP contribution in [0.15, 0.2) is 48.5 Å². The van der Waals surface area contributed by atoms with Crippen LogP contribution in [0.5, 0.6) is 5.75 Å². The lowest BCUT2D eigenvalue weighted by molar-refractivity contribution is -0.534. The summed E-state index contributed by atoms with van der Waals surface area (Å²) >= 11 is 6.08. The highest BCUT2D eigenvalue weighted by atomic mass is 35.5. The molecule has 2 aromatic rings. The van der Waals surface area contributed by atoms with Crippen molar-refractivity contribution >= 4 is 23.1 Å². The standard InChI is InChI=1S/C22H26ClN2O2/c1-2-27-20-13-11-19(12-14-20)25-21-6-4-3-5-15-24(21)16-22(25,26)17-7-9-18(23)10-8-17/h7-14,26H,2-6,15-16H2,1H3/q+1/t22-/m0/s1. The molecule has 0 saturated carbocycles. The Balaban J connectivity index is 1.77. The molecule has 0 aromatic heterocycles. The molecule has 27 heavy (non-hydrogen) atoms. The average molecular weight is 386 g/mol. The van der Waals surface area contributed by atoms with Gasteiger partial charge < -0.3 is 9.84 Å². The fraction of sp³-hybridized carbons (Fsp3) is 0.409. The van der Waals surface area contributed by atoms with Crippen LogP contribution in [0.4, 0.5) is 5.69 Å². The number of rotatable bonds is 4. The van der Waals surface area contributed by atoms with E-state index in [1.807, 2.05) is 55.5 Å². The van der Waals surface area contributed by atoms with Gasteiger partial charge in [-0.1, -0.05) is 23.7 Å². The molecule has 142 valence electrons. The van der Waals surface area contributed by atoms with Crippen molar-refractivity contribution in [2.24, 2.45) is 0 Å². The van der Waals surface area contributed by atoms with Gasteiger partial charge >= 0.3 is 0 Å². The normalized spacial score (nSPS) is 22.6. The van der Waals surface area contributed by atoms with Gasteiger partial charge in [-0.3, -0.25) is 4.58 Å². The lowest BCUT2D eigenvalue weighted by Gasteiger charge is -2.29. The molecule has 0 fully saturated rings. The molecule has 4 rings (SSSR count). The lowest BCUT2D eigenvalue weighted by atomic mass is 10.00. The van der Waals surface area contributed by atoms with E-state index in [9.17, 15) is 5.11 Å². The Morgan fingerprint density at radius 2 is 1.81 bits per heavy atom. The van der Waals surface area contributed by atoms with Gasteiger partial charge in [0.1, 0.15) is 11.4 Å². The smallest absolute Gasteiger partial charge is 0.275 e. The molecule has 2 heterocycles. The van der Waals surface area contributed by atoms with E-state index in [0.29, 0.717) is 18.2 Å². The molecule has 2 aliphatic rings. The summed E-state index contributed by atoms with van der Waals surface area (Å²) in [6, 6.07) is 15.6. The van der Waals surface area contributed by atoms with Crippen LogP contribution in [0.25, 0.3) is 0 Å². The van der Waals surface area contributed by atoms with Crippen molar-refractivity contribution in [1.29, 1.82) is 0 Å². The van der Waals surface area contributed by atoms with Crippen molar-refractivity contribution in [1.82, 2.24) is 0 Å². The second-order valence-corrected chi connectivity index (χ2v) is 7.67. The first kappa shape index (κ1) is 18.3. The van der Waals surface area contributed by atoms with Gasteiger partial charge in [-0.05, 0) is 62.6 Å². The zero-order chi connectivity index (χ0) is 18.9. The summed E-state index contributed by atoms with van der Waals surface area (Å²) in [6.45, 7) is 4.17. The van der Waals surface area contributed by atoms with E-state index in [0.717, 1.165) is 42.8 Å². The molecule has 0 spiro atoms. The molecule has 0 amide bonds. The third kappa shape index (κ3) is 3.44. The van der Waals surface area contributed by atoms with E-state index >= 15 is 0 Å². The van der Waals surface area contributed by atoms with E-state index in [1.165, 1.54) is 12.3 Å². The zero-order valence-corrected chi connectivity index (χ0v) is 16.5. The Kier molecular flexibility index (Phi) is 5.11. The molecule has 1 N–H and O–H groups in total. The largest absolute Gasteiger partial charge is 0.494 e. The highest BCUT2D eigenvalue weighted by Gasteiger charge is 2.53. The van der Waals surface area contributed by atoms with Gasteiger partial charge in [0.05, 0.1) is 13.2 Å². The Morgan fingerprint density at radius 1 is 1.07 bits per heavy atom. The highest BCUT2D eigenvalue weighted by molar-refractivity contribution is 6.30. The van der Waals surface area contributed by atoms with Crippen molar-refractivity contribution in [3.63, 3.8) is 0 Å². The fourth-order valence-corrected chi connectivity index (χ4v) is 4.31. The van der Waals surface area contributed by atoms with E-state index < -0.39 is 5.72 Å². The van der Waals surface area contributed by atoms with Gasteiger partial charge in [-0.15, -0.1) is 0 Å². The molecular weight excluding hydrogens is 360 g/mol. The van der Waals surface area contributed by atoms with Crippen LogP contribution >= 0.6 is 11.6 Å². The summed E-state index contributed by atoms with van der Waals surface area (Å²) in [5.41, 5.74) is 0.737. The van der Waals surface area contributed by atoms with Crippen molar-refractivity contribution in [2.45, 2.75) is 38.3 Å². The maximum atomic E-state index is 11.9. The summed E-state index contributed by atoms with van der Waals surface area (Å²) in [5.74, 6) is 2.05. The number of ether oxygens (including phenoxy) is 1. The minimum absolute atomic E-state index is 0.567. The molecule has 0 saturated heterocycles. The first-order chi connectivity index (χ1) is 13.1. The molecule has 1 atom stereocenters. The van der Waals surface area contributed by atoms with Gasteiger partial charge in [0, 0.05) is 17.0 Å². The third-order valence-corrected chi connectivity index (χ3v) is 5.70. The quantitative estimate of drug-likeness (QED) is 0.793. The van der Waals surface area contributed by atoms with Gasteiger partial charge in [-0.25, -0.2) is 0 Å². The minimum Gasteiger partial charge on any atom is -0.494 e. The van der Waals surface area contributed by atoms with Crippen molar-refractivity contribution < 1.29 is 14.4 Å². The minimum atomic E-state index is -1.11. The number of nitrogens with zero attached hydrogens (tertiary/aromatic N) is 2. The van der Waals surface area contributed by atoms with Crippen molar-refractivity contribution in [2.75, 3.05) is 24.6 Å². The number of hydrogen-bond donors (Lipinski definition) is 1. The Bertz CT molecular complexity index is 832. The number of benzene rings is 2. The SMILES string of the molecule is CCOc1ccc(N2C3=[N+](CCCCC3)C[C@]2(O)c2ccc(Cl)cc2)cc1. The predicted molar refractivity (Wildman–Crippen MR) is 109 cm³/mol. The Hall–Kier alpha value is -2.04. The van der Waals surface area contributed by atoms with Crippen LogP contribution in [0.2, 0.25) is 5.02 Å². The molecular formula is C22H26ClN2O2+. The van der Waals surface area contributed by atoms with E-state index in [4.69, 9.17) is 16.3 Å². The van der Waals surface area contributed by atoms with Crippen molar-refractivity contribution in [3.8, 4) is 5.75 Å². The van der Waals surface area contributed by atoms with Gasteiger partial charge in [0.15, 0.2) is 6.54 Å². The maximum absolute atomic E-state index is 11.9. The second-order valence-electron chi connectivity index (χ2n) is 7.23. The first-order valence-corrected chi connectivity index (χ1v) is 10.1. The average Bonchev–Trinajstić information content (AvgIpc) is 2.80. The summed E-state index contributed by atoms with van der Waals surface area (Å²) in [4.78, 5) is 2.11. The summed E-state index contributed by atoms with van der Waals surface area (Å²) in [5, 5.41) is 12.5. The molecule has 5 heteroatoms. The first-order valence-electron chi connectivity index (χ1n) is 9.74. The van der Waals surface area contributed by atoms with E-state index in [1.54, 1.807) is 0 Å². The predicted octanol–water partition coefficient (Wildman–Crippen LogP) is 4.39. The van der Waals surface area contributed by atoms with Crippen LogP contribution in [0.1, 0.15) is 38.2 Å². The molecule has 0 bridgehead atoms. The summed E-state index contributed by atoms with van der Waals surface area (Å²) in [7, 11) is 0. The number of hydrogen-bond acceptors (Lipinski definition) is 3. The second kappa shape index (κ2) is 7.53. The van der Waals surface area contributed by atoms with Crippen LogP contribution in [0.3, 0.4) is 0 Å². The monoisotopic (exact) mass is 385 g/mol. The fourth-order valence-electron chi connectivity index (χ4n) is 4.18. The van der Waals surface area contributed by atoms with Crippen LogP contribution in [0, 0.1) is 0 Å². The third-order valence-electron chi connectivity index (χ3n) is 5.45. The van der Waals surface area contributed by atoms with Gasteiger partial charge in [0.25, 0.3) is 11.6 Å². The van der Waals surface area contributed by atoms with Crippen LogP contribution in [-0.4, -0.2) is 35.2 Å². The molecule has 2 aliphatic heterocycles. The molecule has 4 nitrogen and oxygen atoms in total. The molecule has 2 aromatic carbocycles. The zero-order valence-electron chi connectivity index (χ0n) is 15.7. The van der Waals surface area contributed by atoms with Crippen molar-refractivity contribution in [3.05, 3.63) is 59.1 Å². The van der Waals surface area contributed by atoms with E-state index in [-0.39, 0.29) is 0 Å². The van der Waals surface area contributed by atoms with Crippen LogP contribution < -0.4 is 9.64 Å². The highest BCUT2D eigenvalue weighted by Crippen LogP contribution is 2.38. The summed E-state index contributed by atoms with van der Waals surface area (Å²) < 4.78 is 7.93. The van der Waals surface area contributed by atoms with Crippen LogP contribution in [-0.2, 0) is 5.72 Å². The number of anilines is 1.